The first-order chi connectivity index (χ1) is 14.1. The number of nitrogens with zero attached hydrogens (tertiary/aromatic N) is 2. The Morgan fingerprint density at radius 2 is 1.72 bits per heavy atom. The normalized spacial score (nSPS) is 15.9. The van der Waals surface area contributed by atoms with Crippen molar-refractivity contribution >= 4 is 29.4 Å². The number of fused-ring (bicyclic) bond motifs is 1. The van der Waals surface area contributed by atoms with Gasteiger partial charge in [0.2, 0.25) is 5.91 Å². The molecule has 1 heterocycles. The van der Waals surface area contributed by atoms with Crippen molar-refractivity contribution in [2.75, 3.05) is 37.2 Å². The molecule has 2 aromatic rings. The Kier molecular flexibility index (Phi) is 6.09. The predicted octanol–water partition coefficient (Wildman–Crippen LogP) is 3.95. The molecule has 0 aromatic heterocycles. The van der Waals surface area contributed by atoms with Crippen LogP contribution in [0.15, 0.2) is 47.4 Å². The first-order valence-electron chi connectivity index (χ1n) is 10.2. The van der Waals surface area contributed by atoms with Crippen molar-refractivity contribution < 1.29 is 9.59 Å². The molecule has 1 N–H and O–H groups in total. The van der Waals surface area contributed by atoms with Gasteiger partial charge >= 0.3 is 6.03 Å². The van der Waals surface area contributed by atoms with Crippen LogP contribution in [0.25, 0.3) is 0 Å². The topological polar surface area (TPSA) is 52.7 Å². The summed E-state index contributed by atoms with van der Waals surface area (Å²) in [7, 11) is 0. The zero-order chi connectivity index (χ0) is 20.2. The van der Waals surface area contributed by atoms with E-state index in [4.69, 9.17) is 0 Å². The predicted molar refractivity (Wildman–Crippen MR) is 118 cm³/mol. The second-order valence-electron chi connectivity index (χ2n) is 7.74. The lowest BCUT2D eigenvalue weighted by Crippen LogP contribution is -2.52. The number of piperazine rings is 1. The number of hydrogen-bond donors (Lipinski definition) is 1. The number of carbonyl (C=O) groups excluding carboxylic acids is 2. The smallest absolute Gasteiger partial charge is 0.321 e. The van der Waals surface area contributed by atoms with E-state index in [-0.39, 0.29) is 11.9 Å². The van der Waals surface area contributed by atoms with Gasteiger partial charge < -0.3 is 15.1 Å². The molecule has 1 aliphatic heterocycles. The van der Waals surface area contributed by atoms with Crippen molar-refractivity contribution in [3.63, 3.8) is 0 Å². The van der Waals surface area contributed by atoms with Crippen LogP contribution in [-0.2, 0) is 17.6 Å². The zero-order valence-corrected chi connectivity index (χ0v) is 17.6. The van der Waals surface area contributed by atoms with E-state index >= 15 is 0 Å². The Hall–Kier alpha value is -2.47. The average molecular weight is 410 g/mol. The summed E-state index contributed by atoms with van der Waals surface area (Å²) in [6.07, 6.45) is 3.58. The summed E-state index contributed by atoms with van der Waals surface area (Å²) in [5.41, 5.74) is 4.81. The highest BCUT2D eigenvalue weighted by Gasteiger charge is 2.24. The van der Waals surface area contributed by atoms with Gasteiger partial charge in [-0.3, -0.25) is 4.79 Å². The molecule has 2 aromatic carbocycles. The number of anilines is 1. The van der Waals surface area contributed by atoms with Crippen LogP contribution in [0.2, 0.25) is 0 Å². The Labute approximate surface area is 176 Å². The first-order valence-corrected chi connectivity index (χ1v) is 11.2. The number of urea groups is 1. The molecule has 1 aliphatic carbocycles. The summed E-state index contributed by atoms with van der Waals surface area (Å²) in [5, 5.41) is 2.94. The molecule has 0 spiro atoms. The largest absolute Gasteiger partial charge is 0.338 e. The van der Waals surface area contributed by atoms with Crippen LogP contribution in [0, 0.1) is 6.92 Å². The van der Waals surface area contributed by atoms with Crippen molar-refractivity contribution in [2.24, 2.45) is 0 Å². The van der Waals surface area contributed by atoms with Gasteiger partial charge in [0.1, 0.15) is 0 Å². The standard InChI is InChI=1S/C23H27N3O2S/c1-17-4-2-7-20(14-17)24-23(28)26-12-10-25(11-13-26)22(27)16-29-21-9-8-18-5-3-6-19(18)15-21/h2,4,7-9,14-15H,3,5-6,10-13,16H2,1H3,(H,24,28). The van der Waals surface area contributed by atoms with E-state index in [1.54, 1.807) is 16.7 Å². The molecule has 0 radical (unpaired) electrons. The maximum Gasteiger partial charge on any atom is 0.321 e. The number of carbonyl (C=O) groups is 2. The van der Waals surface area contributed by atoms with Crippen LogP contribution in [0.4, 0.5) is 10.5 Å². The lowest BCUT2D eigenvalue weighted by atomic mass is 10.1. The van der Waals surface area contributed by atoms with Crippen LogP contribution in [0.5, 0.6) is 0 Å². The molecule has 3 amide bonds. The van der Waals surface area contributed by atoms with Gasteiger partial charge in [0.25, 0.3) is 0 Å². The fraction of sp³-hybridized carbons (Fsp3) is 0.391. The van der Waals surface area contributed by atoms with Crippen molar-refractivity contribution in [1.29, 1.82) is 0 Å². The summed E-state index contributed by atoms with van der Waals surface area (Å²) in [5.74, 6) is 0.600. The summed E-state index contributed by atoms with van der Waals surface area (Å²) >= 11 is 1.61. The maximum absolute atomic E-state index is 12.6. The number of nitrogens with one attached hydrogen (secondary N) is 1. The summed E-state index contributed by atoms with van der Waals surface area (Å²) in [6, 6.07) is 14.3. The third-order valence-electron chi connectivity index (χ3n) is 5.62. The number of amides is 3. The highest BCUT2D eigenvalue weighted by Crippen LogP contribution is 2.27. The highest BCUT2D eigenvalue weighted by molar-refractivity contribution is 8.00. The van der Waals surface area contributed by atoms with Crippen molar-refractivity contribution in [3.8, 4) is 0 Å². The molecule has 152 valence electrons. The van der Waals surface area contributed by atoms with Gasteiger partial charge in [0, 0.05) is 36.8 Å². The number of benzene rings is 2. The van der Waals surface area contributed by atoms with Gasteiger partial charge in [-0.25, -0.2) is 4.79 Å². The van der Waals surface area contributed by atoms with Crippen molar-refractivity contribution in [3.05, 3.63) is 59.2 Å². The van der Waals surface area contributed by atoms with Crippen LogP contribution < -0.4 is 5.32 Å². The van der Waals surface area contributed by atoms with E-state index < -0.39 is 0 Å². The van der Waals surface area contributed by atoms with E-state index in [0.717, 1.165) is 17.7 Å². The number of hydrogen-bond acceptors (Lipinski definition) is 3. The minimum atomic E-state index is -0.102. The Morgan fingerprint density at radius 3 is 2.52 bits per heavy atom. The molecule has 0 atom stereocenters. The minimum Gasteiger partial charge on any atom is -0.338 e. The molecule has 0 unspecified atom stereocenters. The van der Waals surface area contributed by atoms with Gasteiger partial charge in [0.15, 0.2) is 0 Å². The van der Waals surface area contributed by atoms with Crippen LogP contribution in [0.1, 0.15) is 23.1 Å². The van der Waals surface area contributed by atoms with Gasteiger partial charge in [-0.2, -0.15) is 0 Å². The minimum absolute atomic E-state index is 0.102. The molecule has 4 rings (SSSR count). The third-order valence-corrected chi connectivity index (χ3v) is 6.60. The molecule has 5 nitrogen and oxygen atoms in total. The zero-order valence-electron chi connectivity index (χ0n) is 16.8. The van der Waals surface area contributed by atoms with E-state index in [9.17, 15) is 9.59 Å². The van der Waals surface area contributed by atoms with Gasteiger partial charge in [-0.15, -0.1) is 11.8 Å². The van der Waals surface area contributed by atoms with Gasteiger partial charge in [0.05, 0.1) is 5.75 Å². The monoisotopic (exact) mass is 409 g/mol. The van der Waals surface area contributed by atoms with Crippen molar-refractivity contribution in [2.45, 2.75) is 31.1 Å². The SMILES string of the molecule is Cc1cccc(NC(=O)N2CCN(C(=O)CSc3ccc4c(c3)CCC4)CC2)c1. The molecule has 0 saturated carbocycles. The molecule has 1 saturated heterocycles. The average Bonchev–Trinajstić information content (AvgIpc) is 3.20. The molecule has 2 aliphatic rings. The second-order valence-corrected chi connectivity index (χ2v) is 8.79. The molecular weight excluding hydrogens is 382 g/mol. The maximum atomic E-state index is 12.6. The van der Waals surface area contributed by atoms with Crippen LogP contribution in [0.3, 0.4) is 0 Å². The van der Waals surface area contributed by atoms with Gasteiger partial charge in [-0.1, -0.05) is 18.2 Å². The third kappa shape index (κ3) is 4.93. The lowest BCUT2D eigenvalue weighted by Gasteiger charge is -2.34. The van der Waals surface area contributed by atoms with E-state index in [1.807, 2.05) is 36.1 Å². The quantitative estimate of drug-likeness (QED) is 0.778. The Bertz CT molecular complexity index is 907. The number of thioether (sulfide) groups is 1. The van der Waals surface area contributed by atoms with E-state index in [1.165, 1.54) is 28.9 Å². The van der Waals surface area contributed by atoms with E-state index in [0.29, 0.717) is 31.9 Å². The summed E-state index contributed by atoms with van der Waals surface area (Å²) < 4.78 is 0. The van der Waals surface area contributed by atoms with Crippen LogP contribution in [-0.4, -0.2) is 53.7 Å². The Balaban J connectivity index is 1.23. The molecule has 29 heavy (non-hydrogen) atoms. The number of rotatable bonds is 4. The lowest BCUT2D eigenvalue weighted by molar-refractivity contribution is -0.129. The summed E-state index contributed by atoms with van der Waals surface area (Å²) in [4.78, 5) is 29.9. The molecule has 0 bridgehead atoms. The molecule has 1 fully saturated rings. The Morgan fingerprint density at radius 1 is 0.966 bits per heavy atom. The second kappa shape index (κ2) is 8.91. The van der Waals surface area contributed by atoms with Crippen molar-refractivity contribution in [1.82, 2.24) is 9.80 Å². The van der Waals surface area contributed by atoms with Gasteiger partial charge in [-0.05, 0) is 67.1 Å². The highest BCUT2D eigenvalue weighted by atomic mass is 32.2. The molecule has 6 heteroatoms. The fourth-order valence-electron chi connectivity index (χ4n) is 3.96. The van der Waals surface area contributed by atoms with Crippen LogP contribution >= 0.6 is 11.8 Å². The number of aryl methyl sites for hydroxylation is 3. The van der Waals surface area contributed by atoms with E-state index in [2.05, 4.69) is 23.5 Å². The fourth-order valence-corrected chi connectivity index (χ4v) is 4.82. The summed E-state index contributed by atoms with van der Waals surface area (Å²) in [6.45, 7) is 4.30. The molecular formula is C23H27N3O2S. The first kappa shape index (κ1) is 19.8.